The molecule has 4 nitrogen and oxygen atoms in total. The zero-order valence-corrected chi connectivity index (χ0v) is 18.2. The fraction of sp³-hybridized carbons (Fsp3) is 0.333. The van der Waals surface area contributed by atoms with Crippen LogP contribution >= 0.6 is 35.0 Å². The molecule has 8 heteroatoms. The van der Waals surface area contributed by atoms with E-state index < -0.39 is 5.82 Å². The van der Waals surface area contributed by atoms with Crippen molar-refractivity contribution in [1.82, 2.24) is 20.1 Å². The van der Waals surface area contributed by atoms with E-state index in [0.717, 1.165) is 25.2 Å². The molecule has 3 aromatic rings. The third kappa shape index (κ3) is 4.61. The van der Waals surface area contributed by atoms with Crippen molar-refractivity contribution >= 4 is 35.0 Å². The van der Waals surface area contributed by atoms with Gasteiger partial charge >= 0.3 is 0 Å². The summed E-state index contributed by atoms with van der Waals surface area (Å²) in [5, 5.41) is 9.02. The maximum absolute atomic E-state index is 13.9. The van der Waals surface area contributed by atoms with Gasteiger partial charge in [0.2, 0.25) is 0 Å². The number of nitrogens with zero attached hydrogens (tertiary/aromatic N) is 3. The van der Waals surface area contributed by atoms with E-state index in [1.54, 1.807) is 30.2 Å². The van der Waals surface area contributed by atoms with Crippen molar-refractivity contribution in [2.75, 3.05) is 13.1 Å². The number of hydrogen-bond donors (Lipinski definition) is 1. The second-order valence-electron chi connectivity index (χ2n) is 7.17. The molecule has 3 atom stereocenters. The first-order valence-electron chi connectivity index (χ1n) is 9.47. The topological polar surface area (TPSA) is 42.7 Å². The second kappa shape index (κ2) is 9.04. The summed E-state index contributed by atoms with van der Waals surface area (Å²) >= 11 is 14.3. The van der Waals surface area contributed by atoms with Crippen LogP contribution in [0.25, 0.3) is 5.69 Å². The van der Waals surface area contributed by atoms with E-state index >= 15 is 0 Å². The first kappa shape index (κ1) is 20.7. The third-order valence-electron chi connectivity index (χ3n) is 5.19. The van der Waals surface area contributed by atoms with Gasteiger partial charge in [0.05, 0.1) is 16.9 Å². The smallest absolute Gasteiger partial charge is 0.142 e. The van der Waals surface area contributed by atoms with Crippen molar-refractivity contribution < 1.29 is 4.39 Å². The van der Waals surface area contributed by atoms with E-state index in [0.29, 0.717) is 21.8 Å². The zero-order valence-electron chi connectivity index (χ0n) is 15.9. The summed E-state index contributed by atoms with van der Waals surface area (Å²) < 4.78 is 15.8. The van der Waals surface area contributed by atoms with E-state index in [-0.39, 0.29) is 10.3 Å². The molecule has 1 saturated heterocycles. The number of rotatable bonds is 5. The second-order valence-corrected chi connectivity index (χ2v) is 9.60. The highest BCUT2D eigenvalue weighted by Gasteiger charge is 2.28. The molecule has 0 bridgehead atoms. The maximum atomic E-state index is 13.9. The van der Waals surface area contributed by atoms with E-state index in [2.05, 4.69) is 21.6 Å². The summed E-state index contributed by atoms with van der Waals surface area (Å²) in [7, 11) is 0. The molecule has 0 saturated carbocycles. The van der Waals surface area contributed by atoms with Crippen molar-refractivity contribution in [1.29, 1.82) is 0 Å². The highest BCUT2D eigenvalue weighted by atomic mass is 35.5. The SMILES string of the molecule is CC(SC1CNCC(c2cnn(-c3ccncc3)c2)C1)c1c(Cl)ccc(F)c1Cl. The third-order valence-corrected chi connectivity index (χ3v) is 7.30. The molecular weight excluding hydrogens is 430 g/mol. The lowest BCUT2D eigenvalue weighted by Gasteiger charge is -2.31. The molecule has 4 rings (SSSR count). The molecule has 1 N–H and O–H groups in total. The molecule has 152 valence electrons. The van der Waals surface area contributed by atoms with Crippen LogP contribution in [-0.2, 0) is 0 Å². The lowest BCUT2D eigenvalue weighted by atomic mass is 9.94. The number of piperidine rings is 1. The lowest BCUT2D eigenvalue weighted by Crippen LogP contribution is -2.37. The van der Waals surface area contributed by atoms with Crippen molar-refractivity contribution in [3.63, 3.8) is 0 Å². The van der Waals surface area contributed by atoms with Gasteiger partial charge in [-0.05, 0) is 43.2 Å². The Balaban J connectivity index is 1.45. The summed E-state index contributed by atoms with van der Waals surface area (Å²) in [4.78, 5) is 4.05. The van der Waals surface area contributed by atoms with Gasteiger partial charge in [-0.3, -0.25) is 4.98 Å². The van der Waals surface area contributed by atoms with Gasteiger partial charge in [-0.25, -0.2) is 9.07 Å². The molecule has 0 radical (unpaired) electrons. The van der Waals surface area contributed by atoms with Gasteiger partial charge in [0, 0.05) is 58.7 Å². The molecule has 2 aromatic heterocycles. The quantitative estimate of drug-likeness (QED) is 0.509. The maximum Gasteiger partial charge on any atom is 0.142 e. The first-order valence-corrected chi connectivity index (χ1v) is 11.2. The van der Waals surface area contributed by atoms with Gasteiger partial charge in [0.1, 0.15) is 5.82 Å². The van der Waals surface area contributed by atoms with Gasteiger partial charge in [-0.15, -0.1) is 11.8 Å². The van der Waals surface area contributed by atoms with Crippen molar-refractivity contribution in [3.05, 3.63) is 76.0 Å². The molecule has 0 amide bonds. The molecule has 0 spiro atoms. The molecule has 1 aliphatic heterocycles. The Morgan fingerprint density at radius 1 is 1.21 bits per heavy atom. The van der Waals surface area contributed by atoms with E-state index in [4.69, 9.17) is 23.2 Å². The molecule has 1 aliphatic rings. The van der Waals surface area contributed by atoms with Gasteiger partial charge in [-0.2, -0.15) is 5.10 Å². The van der Waals surface area contributed by atoms with Crippen LogP contribution in [0.5, 0.6) is 0 Å². The average Bonchev–Trinajstić information content (AvgIpc) is 3.22. The highest BCUT2D eigenvalue weighted by molar-refractivity contribution is 8.00. The number of benzene rings is 1. The number of aromatic nitrogens is 3. The molecule has 0 aliphatic carbocycles. The molecule has 1 fully saturated rings. The lowest BCUT2D eigenvalue weighted by molar-refractivity contribution is 0.470. The average molecular weight is 451 g/mol. The van der Waals surface area contributed by atoms with Crippen molar-refractivity contribution in [2.24, 2.45) is 0 Å². The van der Waals surface area contributed by atoms with Crippen molar-refractivity contribution in [3.8, 4) is 5.69 Å². The van der Waals surface area contributed by atoms with Gasteiger partial charge in [0.15, 0.2) is 0 Å². The number of halogens is 3. The normalized spacial score (nSPS) is 20.6. The minimum Gasteiger partial charge on any atom is -0.315 e. The first-order chi connectivity index (χ1) is 14.0. The Morgan fingerprint density at radius 3 is 2.79 bits per heavy atom. The molecule has 1 aromatic carbocycles. The Morgan fingerprint density at radius 2 is 2.00 bits per heavy atom. The van der Waals surface area contributed by atoms with Gasteiger partial charge in [0.25, 0.3) is 0 Å². The predicted octanol–water partition coefficient (Wildman–Crippen LogP) is 5.65. The van der Waals surface area contributed by atoms with Crippen LogP contribution < -0.4 is 5.32 Å². The molecular formula is C21H21Cl2FN4S. The van der Waals surface area contributed by atoms with Crippen LogP contribution in [0.4, 0.5) is 4.39 Å². The Kier molecular flexibility index (Phi) is 6.44. The predicted molar refractivity (Wildman–Crippen MR) is 118 cm³/mol. The molecule has 3 unspecified atom stereocenters. The monoisotopic (exact) mass is 450 g/mol. The van der Waals surface area contributed by atoms with Crippen LogP contribution in [0.2, 0.25) is 10.0 Å². The number of thioether (sulfide) groups is 1. The number of hydrogen-bond acceptors (Lipinski definition) is 4. The van der Waals surface area contributed by atoms with E-state index in [1.165, 1.54) is 11.6 Å². The van der Waals surface area contributed by atoms with Crippen molar-refractivity contribution in [2.45, 2.75) is 29.8 Å². The number of nitrogens with one attached hydrogen (secondary N) is 1. The summed E-state index contributed by atoms with van der Waals surface area (Å²) in [5.74, 6) is -0.0656. The minimum absolute atomic E-state index is 0.00390. The largest absolute Gasteiger partial charge is 0.315 e. The molecule has 29 heavy (non-hydrogen) atoms. The summed E-state index contributed by atoms with van der Waals surface area (Å²) in [6.45, 7) is 3.84. The van der Waals surface area contributed by atoms with Crippen LogP contribution in [-0.4, -0.2) is 33.1 Å². The van der Waals surface area contributed by atoms with Crippen LogP contribution in [0.3, 0.4) is 0 Å². The Labute approximate surface area is 183 Å². The van der Waals surface area contributed by atoms with Crippen LogP contribution in [0.1, 0.15) is 35.6 Å². The van der Waals surface area contributed by atoms with E-state index in [1.807, 2.05) is 29.9 Å². The molecule has 3 heterocycles. The minimum atomic E-state index is -0.429. The van der Waals surface area contributed by atoms with E-state index in [9.17, 15) is 4.39 Å². The number of pyridine rings is 1. The highest BCUT2D eigenvalue weighted by Crippen LogP contribution is 2.43. The standard InChI is InChI=1S/C21H21Cl2FN4S/c1-13(20-18(22)2-3-19(24)21(20)23)29-17-8-14(9-26-11-17)15-10-27-28(12-15)16-4-6-25-7-5-16/h2-7,10,12-14,17,26H,8-9,11H2,1H3. The summed E-state index contributed by atoms with van der Waals surface area (Å²) in [5.41, 5.74) is 2.87. The fourth-order valence-electron chi connectivity index (χ4n) is 3.72. The van der Waals surface area contributed by atoms with Gasteiger partial charge in [-0.1, -0.05) is 23.2 Å². The van der Waals surface area contributed by atoms with Crippen LogP contribution in [0, 0.1) is 5.82 Å². The fourth-order valence-corrected chi connectivity index (χ4v) is 6.06. The Hall–Kier alpha value is -1.60. The van der Waals surface area contributed by atoms with Gasteiger partial charge < -0.3 is 5.32 Å². The summed E-state index contributed by atoms with van der Waals surface area (Å²) in [6, 6.07) is 6.75. The van der Waals surface area contributed by atoms with Crippen LogP contribution in [0.15, 0.2) is 49.1 Å². The Bertz CT molecular complexity index is 982. The summed E-state index contributed by atoms with van der Waals surface area (Å²) in [6.07, 6.45) is 8.54. The zero-order chi connectivity index (χ0) is 20.4.